The van der Waals surface area contributed by atoms with Crippen LogP contribution in [0, 0.1) is 0 Å². The van der Waals surface area contributed by atoms with Crippen molar-refractivity contribution in [3.63, 3.8) is 0 Å². The maximum absolute atomic E-state index is 12.3. The van der Waals surface area contributed by atoms with Crippen molar-refractivity contribution in [2.45, 2.75) is 25.9 Å². The van der Waals surface area contributed by atoms with Gasteiger partial charge in [0.25, 0.3) is 0 Å². The number of carbonyl (C=O) groups is 1. The Balaban J connectivity index is 2.02. The van der Waals surface area contributed by atoms with E-state index in [-0.39, 0.29) is 11.9 Å². The molecule has 1 amide bonds. The molecule has 2 atom stereocenters. The zero-order valence-electron chi connectivity index (χ0n) is 12.7. The van der Waals surface area contributed by atoms with Crippen molar-refractivity contribution in [1.82, 2.24) is 5.32 Å². The summed E-state index contributed by atoms with van der Waals surface area (Å²) in [5.74, 6) is -0.201. The van der Waals surface area contributed by atoms with E-state index in [1.807, 2.05) is 31.2 Å². The lowest BCUT2D eigenvalue weighted by atomic mass is 10.1. The van der Waals surface area contributed by atoms with Gasteiger partial charge >= 0.3 is 0 Å². The molecule has 0 unspecified atom stereocenters. The summed E-state index contributed by atoms with van der Waals surface area (Å²) in [6.45, 7) is 3.73. The van der Waals surface area contributed by atoms with E-state index in [1.165, 1.54) is 0 Å². The highest BCUT2D eigenvalue weighted by molar-refractivity contribution is 6.35. The van der Waals surface area contributed by atoms with Crippen molar-refractivity contribution >= 4 is 46.4 Å². The summed E-state index contributed by atoms with van der Waals surface area (Å²) in [4.78, 5) is 12.3. The monoisotopic (exact) mass is 370 g/mol. The number of rotatable bonds is 5. The van der Waals surface area contributed by atoms with Gasteiger partial charge in [0.2, 0.25) is 5.91 Å². The molecule has 2 rings (SSSR count). The molecule has 0 bridgehead atoms. The lowest BCUT2D eigenvalue weighted by Crippen LogP contribution is -2.39. The molecule has 0 radical (unpaired) electrons. The second-order valence-electron chi connectivity index (χ2n) is 5.24. The first-order valence-electron chi connectivity index (χ1n) is 7.15. The highest BCUT2D eigenvalue weighted by Crippen LogP contribution is 2.26. The second kappa shape index (κ2) is 8.02. The number of benzene rings is 2. The van der Waals surface area contributed by atoms with Crippen LogP contribution in [0.1, 0.15) is 25.5 Å². The van der Waals surface area contributed by atoms with E-state index < -0.39 is 6.04 Å². The molecule has 2 aromatic carbocycles. The zero-order valence-corrected chi connectivity index (χ0v) is 15.0. The van der Waals surface area contributed by atoms with Gasteiger partial charge in [-0.1, -0.05) is 53.0 Å². The van der Waals surface area contributed by atoms with E-state index >= 15 is 0 Å². The Kier molecular flexibility index (Phi) is 6.31. The summed E-state index contributed by atoms with van der Waals surface area (Å²) in [6, 6.07) is 12.0. The topological polar surface area (TPSA) is 41.1 Å². The van der Waals surface area contributed by atoms with Crippen LogP contribution >= 0.6 is 34.8 Å². The Morgan fingerprint density at radius 3 is 2.39 bits per heavy atom. The Morgan fingerprint density at radius 1 is 1.00 bits per heavy atom. The van der Waals surface area contributed by atoms with Gasteiger partial charge in [-0.2, -0.15) is 0 Å². The third-order valence-electron chi connectivity index (χ3n) is 3.45. The van der Waals surface area contributed by atoms with Crippen LogP contribution in [0.2, 0.25) is 15.1 Å². The summed E-state index contributed by atoms with van der Waals surface area (Å²) in [6.07, 6.45) is 0. The highest BCUT2D eigenvalue weighted by Gasteiger charge is 2.18. The van der Waals surface area contributed by atoms with Crippen LogP contribution < -0.4 is 10.6 Å². The molecule has 0 aliphatic carbocycles. The molecule has 0 spiro atoms. The number of carbonyl (C=O) groups excluding carboxylic acids is 1. The molecule has 0 aliphatic rings. The van der Waals surface area contributed by atoms with Gasteiger partial charge in [0, 0.05) is 16.1 Å². The first kappa shape index (κ1) is 18.1. The van der Waals surface area contributed by atoms with Crippen LogP contribution in [0.3, 0.4) is 0 Å². The first-order chi connectivity index (χ1) is 10.9. The lowest BCUT2D eigenvalue weighted by molar-refractivity contribution is -0.117. The first-order valence-corrected chi connectivity index (χ1v) is 8.28. The molecule has 122 valence electrons. The van der Waals surface area contributed by atoms with Gasteiger partial charge in [-0.25, -0.2) is 0 Å². The smallest absolute Gasteiger partial charge is 0.241 e. The molecule has 0 aliphatic heterocycles. The number of hydrogen-bond acceptors (Lipinski definition) is 2. The normalized spacial score (nSPS) is 13.4. The van der Waals surface area contributed by atoms with Crippen LogP contribution in [-0.2, 0) is 4.79 Å². The molecule has 2 N–H and O–H groups in total. The second-order valence-corrected chi connectivity index (χ2v) is 6.50. The van der Waals surface area contributed by atoms with Gasteiger partial charge in [0.1, 0.15) is 0 Å². The fourth-order valence-corrected chi connectivity index (χ4v) is 2.84. The molecule has 0 saturated heterocycles. The van der Waals surface area contributed by atoms with Crippen LogP contribution in [0.15, 0.2) is 42.5 Å². The van der Waals surface area contributed by atoms with E-state index in [4.69, 9.17) is 34.8 Å². The van der Waals surface area contributed by atoms with Gasteiger partial charge in [-0.05, 0) is 43.7 Å². The molecule has 0 fully saturated rings. The van der Waals surface area contributed by atoms with Crippen molar-refractivity contribution < 1.29 is 4.79 Å². The molecular formula is C17H17Cl3N2O. The fraction of sp³-hybridized carbons (Fsp3) is 0.235. The minimum atomic E-state index is -0.434. The van der Waals surface area contributed by atoms with Gasteiger partial charge < -0.3 is 5.32 Å². The molecule has 6 heteroatoms. The average molecular weight is 372 g/mol. The summed E-state index contributed by atoms with van der Waals surface area (Å²) >= 11 is 18.2. The van der Waals surface area contributed by atoms with Gasteiger partial charge in [0.15, 0.2) is 0 Å². The third kappa shape index (κ3) is 4.85. The summed E-state index contributed by atoms with van der Waals surface area (Å²) in [5.41, 5.74) is 1.43. The minimum Gasteiger partial charge on any atom is -0.323 e. The quantitative estimate of drug-likeness (QED) is 0.746. The van der Waals surface area contributed by atoms with Crippen molar-refractivity contribution in [2.75, 3.05) is 5.32 Å². The van der Waals surface area contributed by atoms with Crippen LogP contribution in [0.4, 0.5) is 5.69 Å². The zero-order chi connectivity index (χ0) is 17.0. The maximum Gasteiger partial charge on any atom is 0.241 e. The Bertz CT molecular complexity index is 706. The van der Waals surface area contributed by atoms with E-state index in [0.717, 1.165) is 5.56 Å². The molecule has 3 nitrogen and oxygen atoms in total. The number of hydrogen-bond donors (Lipinski definition) is 2. The van der Waals surface area contributed by atoms with Gasteiger partial charge in [0.05, 0.1) is 16.8 Å². The van der Waals surface area contributed by atoms with Crippen LogP contribution in [0.25, 0.3) is 0 Å². The van der Waals surface area contributed by atoms with Crippen molar-refractivity contribution in [3.05, 3.63) is 63.1 Å². The van der Waals surface area contributed by atoms with E-state index in [1.54, 1.807) is 25.1 Å². The van der Waals surface area contributed by atoms with Crippen LogP contribution in [0.5, 0.6) is 0 Å². The molecule has 0 heterocycles. The predicted octanol–water partition coefficient (Wildman–Crippen LogP) is 5.32. The van der Waals surface area contributed by atoms with E-state index in [0.29, 0.717) is 20.8 Å². The molecular weight excluding hydrogens is 355 g/mol. The number of amides is 1. The predicted molar refractivity (Wildman–Crippen MR) is 97.6 cm³/mol. The minimum absolute atomic E-state index is 0.0701. The highest BCUT2D eigenvalue weighted by atomic mass is 35.5. The fourth-order valence-electron chi connectivity index (χ4n) is 2.20. The van der Waals surface area contributed by atoms with E-state index in [9.17, 15) is 4.79 Å². The van der Waals surface area contributed by atoms with Gasteiger partial charge in [-0.15, -0.1) is 0 Å². The molecule has 2 aromatic rings. The van der Waals surface area contributed by atoms with E-state index in [2.05, 4.69) is 10.6 Å². The van der Waals surface area contributed by atoms with Crippen molar-refractivity contribution in [1.29, 1.82) is 0 Å². The molecule has 23 heavy (non-hydrogen) atoms. The van der Waals surface area contributed by atoms with Crippen molar-refractivity contribution in [2.24, 2.45) is 0 Å². The summed E-state index contributed by atoms with van der Waals surface area (Å²) in [7, 11) is 0. The lowest BCUT2D eigenvalue weighted by Gasteiger charge is -2.21. The molecule has 0 aromatic heterocycles. The largest absolute Gasteiger partial charge is 0.323 e. The number of halogens is 3. The summed E-state index contributed by atoms with van der Waals surface area (Å²) in [5, 5.41) is 7.60. The SMILES string of the molecule is C[C@H](N[C@H](C)c1ccccc1Cl)C(=O)Nc1cc(Cl)ccc1Cl. The number of anilines is 1. The standard InChI is InChI=1S/C17H17Cl3N2O/c1-10(13-5-3-4-6-14(13)19)21-11(2)17(23)22-16-9-12(18)7-8-15(16)20/h3-11,21H,1-2H3,(H,22,23)/t10-,11+/m1/s1. The average Bonchev–Trinajstić information content (AvgIpc) is 2.51. The number of nitrogens with one attached hydrogen (secondary N) is 2. The maximum atomic E-state index is 12.3. The Labute approximate surface area is 150 Å². The van der Waals surface area contributed by atoms with Crippen molar-refractivity contribution in [3.8, 4) is 0 Å². The Morgan fingerprint density at radius 2 is 1.70 bits per heavy atom. The van der Waals surface area contributed by atoms with Gasteiger partial charge in [-0.3, -0.25) is 10.1 Å². The third-order valence-corrected chi connectivity index (χ3v) is 4.36. The van der Waals surface area contributed by atoms with Crippen LogP contribution in [-0.4, -0.2) is 11.9 Å². The Hall–Kier alpha value is -1.26. The summed E-state index contributed by atoms with van der Waals surface area (Å²) < 4.78 is 0. The molecule has 0 saturated carbocycles.